The van der Waals surface area contributed by atoms with E-state index in [1.54, 1.807) is 0 Å². The lowest BCUT2D eigenvalue weighted by Gasteiger charge is -2.37. The van der Waals surface area contributed by atoms with Gasteiger partial charge in [-0.2, -0.15) is 0 Å². The summed E-state index contributed by atoms with van der Waals surface area (Å²) in [6.07, 6.45) is 19.1. The monoisotopic (exact) mass is 560 g/mol. The van der Waals surface area contributed by atoms with Crippen molar-refractivity contribution >= 4 is 16.5 Å². The summed E-state index contributed by atoms with van der Waals surface area (Å²) in [5.74, 6) is 0.520. The number of hydrogen-bond donors (Lipinski definition) is 1. The van der Waals surface area contributed by atoms with Gasteiger partial charge in [0.15, 0.2) is 5.13 Å². The Labute approximate surface area is 246 Å². The summed E-state index contributed by atoms with van der Waals surface area (Å²) >= 11 is 1.81. The largest absolute Gasteiger partial charge is 0.393 e. The van der Waals surface area contributed by atoms with E-state index in [0.717, 1.165) is 69.2 Å². The third-order valence-electron chi connectivity index (χ3n) is 7.41. The van der Waals surface area contributed by atoms with Gasteiger partial charge in [-0.3, -0.25) is 0 Å². The Bertz CT molecular complexity index is 1140. The number of aryl methyl sites for hydroxylation is 1. The predicted molar refractivity (Wildman–Crippen MR) is 174 cm³/mol. The number of aliphatic hydroxyl groups excluding tert-OH is 1. The van der Waals surface area contributed by atoms with E-state index in [-0.39, 0.29) is 6.10 Å². The summed E-state index contributed by atoms with van der Waals surface area (Å²) in [4.78, 5) is 13.4. The number of aliphatic hydroxyl groups is 1. The van der Waals surface area contributed by atoms with Crippen LogP contribution in [0.4, 0.5) is 5.13 Å². The number of allylic oxidation sites excluding steroid dienone is 5. The number of rotatable bonds is 7. The minimum Gasteiger partial charge on any atom is -0.393 e. The SMILES string of the molecule is C=C.CC/C=C\C=C/CC.Cc1sc(N2CCN(C3=CCN(C)C=C3)CC2)nc1-c1ccc(C2CC(O)C2)cc1. The minimum atomic E-state index is -0.106. The first kappa shape index (κ1) is 31.4. The van der Waals surface area contributed by atoms with Crippen LogP contribution in [0.2, 0.25) is 0 Å². The van der Waals surface area contributed by atoms with Crippen molar-refractivity contribution in [3.8, 4) is 11.3 Å². The maximum absolute atomic E-state index is 9.55. The molecule has 2 aliphatic heterocycles. The highest BCUT2D eigenvalue weighted by molar-refractivity contribution is 7.16. The second-order valence-electron chi connectivity index (χ2n) is 10.4. The molecule has 1 aromatic carbocycles. The van der Waals surface area contributed by atoms with E-state index in [9.17, 15) is 5.11 Å². The Hall–Kier alpha value is -3.09. The molecule has 0 radical (unpaired) electrons. The molecule has 3 aliphatic rings. The van der Waals surface area contributed by atoms with Crippen molar-refractivity contribution in [2.45, 2.75) is 58.5 Å². The number of likely N-dealkylation sites (N-methyl/N-ethyl adjacent to an activating group) is 1. The number of nitrogens with zero attached hydrogens (tertiary/aromatic N) is 4. The van der Waals surface area contributed by atoms with Crippen LogP contribution < -0.4 is 4.90 Å². The molecular weight excluding hydrogens is 512 g/mol. The molecule has 0 spiro atoms. The average molecular weight is 561 g/mol. The van der Waals surface area contributed by atoms with E-state index < -0.39 is 0 Å². The summed E-state index contributed by atoms with van der Waals surface area (Å²) in [6.45, 7) is 17.5. The van der Waals surface area contributed by atoms with Gasteiger partial charge >= 0.3 is 0 Å². The van der Waals surface area contributed by atoms with Crippen molar-refractivity contribution in [1.82, 2.24) is 14.8 Å². The molecule has 1 saturated carbocycles. The van der Waals surface area contributed by atoms with E-state index in [1.807, 2.05) is 11.3 Å². The maximum atomic E-state index is 9.55. The fourth-order valence-electron chi connectivity index (χ4n) is 4.95. The number of thiazole rings is 1. The molecule has 1 aliphatic carbocycles. The fourth-order valence-corrected chi connectivity index (χ4v) is 5.93. The minimum absolute atomic E-state index is 0.106. The fraction of sp³-hybridized carbons (Fsp3) is 0.441. The van der Waals surface area contributed by atoms with E-state index in [0.29, 0.717) is 5.92 Å². The van der Waals surface area contributed by atoms with E-state index in [4.69, 9.17) is 4.98 Å². The van der Waals surface area contributed by atoms with Gasteiger partial charge in [-0.25, -0.2) is 4.98 Å². The molecule has 5 nitrogen and oxygen atoms in total. The quantitative estimate of drug-likeness (QED) is 0.280. The van der Waals surface area contributed by atoms with Crippen LogP contribution in [0.5, 0.6) is 0 Å². The van der Waals surface area contributed by atoms with Crippen molar-refractivity contribution in [3.63, 3.8) is 0 Å². The van der Waals surface area contributed by atoms with Gasteiger partial charge in [0.1, 0.15) is 0 Å². The molecular formula is C34H48N4OS. The Balaban J connectivity index is 0.000000383. The Morgan fingerprint density at radius 1 is 0.975 bits per heavy atom. The van der Waals surface area contributed by atoms with E-state index >= 15 is 0 Å². The van der Waals surface area contributed by atoms with Crippen LogP contribution >= 0.6 is 11.3 Å². The van der Waals surface area contributed by atoms with Crippen molar-refractivity contribution in [2.24, 2.45) is 0 Å². The molecule has 1 N–H and O–H groups in total. The average Bonchev–Trinajstić information content (AvgIpc) is 3.37. The van der Waals surface area contributed by atoms with Gasteiger partial charge in [-0.15, -0.1) is 24.5 Å². The standard InChI is InChI=1S/C24H30N4OS.C8H14.C2H4/c1-17-23(19-5-3-18(4-6-19)20-15-22(29)16-20)25-24(30-17)28-13-11-27(12-14-28)21-7-9-26(2)10-8-21;1-3-5-7-8-6-4-2;1-2/h3-9,20,22,29H,10-16H2,1-2H3;5-8H,3-4H2,1-2H3;1-2H2/b;7-5-,8-6-;. The van der Waals surface area contributed by atoms with Gasteiger partial charge in [0, 0.05) is 62.1 Å². The van der Waals surface area contributed by atoms with Gasteiger partial charge in [0.05, 0.1) is 11.8 Å². The molecule has 0 bridgehead atoms. The van der Waals surface area contributed by atoms with Crippen LogP contribution in [-0.2, 0) is 0 Å². The number of benzene rings is 1. The smallest absolute Gasteiger partial charge is 0.186 e. The summed E-state index contributed by atoms with van der Waals surface area (Å²) in [5, 5.41) is 10.7. The van der Waals surface area contributed by atoms with Gasteiger partial charge in [-0.05, 0) is 56.2 Å². The highest BCUT2D eigenvalue weighted by Crippen LogP contribution is 2.38. The predicted octanol–water partition coefficient (Wildman–Crippen LogP) is 7.54. The lowest BCUT2D eigenvalue weighted by atomic mass is 9.77. The zero-order valence-corrected chi connectivity index (χ0v) is 25.7. The zero-order chi connectivity index (χ0) is 28.9. The normalized spacial score (nSPS) is 20.5. The Kier molecular flexibility index (Phi) is 12.8. The number of aromatic nitrogens is 1. The van der Waals surface area contributed by atoms with E-state index in [2.05, 4.69) is 123 Å². The highest BCUT2D eigenvalue weighted by Gasteiger charge is 2.28. The first-order chi connectivity index (χ1) is 19.5. The molecule has 6 heteroatoms. The third kappa shape index (κ3) is 8.70. The Morgan fingerprint density at radius 3 is 2.10 bits per heavy atom. The summed E-state index contributed by atoms with van der Waals surface area (Å²) in [6, 6.07) is 8.82. The summed E-state index contributed by atoms with van der Waals surface area (Å²) in [7, 11) is 2.11. The molecule has 0 atom stereocenters. The lowest BCUT2D eigenvalue weighted by molar-refractivity contribution is 0.0746. The van der Waals surface area contributed by atoms with Crippen molar-refractivity contribution < 1.29 is 5.11 Å². The van der Waals surface area contributed by atoms with Crippen LogP contribution in [0, 0.1) is 6.92 Å². The Morgan fingerprint density at radius 2 is 1.57 bits per heavy atom. The third-order valence-corrected chi connectivity index (χ3v) is 8.44. The molecule has 1 saturated heterocycles. The topological polar surface area (TPSA) is 42.8 Å². The summed E-state index contributed by atoms with van der Waals surface area (Å²) < 4.78 is 0. The van der Waals surface area contributed by atoms with Gasteiger partial charge < -0.3 is 19.8 Å². The molecule has 216 valence electrons. The number of hydrogen-bond acceptors (Lipinski definition) is 6. The first-order valence-corrected chi connectivity index (χ1v) is 15.5. The van der Waals surface area contributed by atoms with Crippen molar-refractivity contribution in [2.75, 3.05) is 44.7 Å². The molecule has 2 fully saturated rings. The number of anilines is 1. The zero-order valence-electron chi connectivity index (χ0n) is 24.9. The van der Waals surface area contributed by atoms with Crippen molar-refractivity contribution in [3.05, 3.63) is 96.2 Å². The lowest BCUT2D eigenvalue weighted by Crippen LogP contribution is -2.46. The van der Waals surface area contributed by atoms with Crippen molar-refractivity contribution in [1.29, 1.82) is 0 Å². The maximum Gasteiger partial charge on any atom is 0.186 e. The van der Waals surface area contributed by atoms with Crippen LogP contribution in [0.25, 0.3) is 11.3 Å². The second kappa shape index (κ2) is 16.2. The van der Waals surface area contributed by atoms with Crippen LogP contribution in [-0.4, -0.2) is 65.8 Å². The highest BCUT2D eigenvalue weighted by atomic mass is 32.1. The summed E-state index contributed by atoms with van der Waals surface area (Å²) in [5.41, 5.74) is 4.99. The van der Waals surface area contributed by atoms with Crippen LogP contribution in [0.3, 0.4) is 0 Å². The molecule has 0 unspecified atom stereocenters. The number of piperazine rings is 1. The van der Waals surface area contributed by atoms with Gasteiger partial charge in [-0.1, -0.05) is 62.4 Å². The first-order valence-electron chi connectivity index (χ1n) is 14.6. The van der Waals surface area contributed by atoms with Crippen LogP contribution in [0.15, 0.2) is 85.8 Å². The molecule has 1 aromatic heterocycles. The molecule has 5 rings (SSSR count). The van der Waals surface area contributed by atoms with Crippen LogP contribution in [0.1, 0.15) is 55.9 Å². The molecule has 0 amide bonds. The molecule has 3 heterocycles. The molecule has 2 aromatic rings. The van der Waals surface area contributed by atoms with Gasteiger partial charge in [0.2, 0.25) is 0 Å². The molecule has 40 heavy (non-hydrogen) atoms. The van der Waals surface area contributed by atoms with Gasteiger partial charge in [0.25, 0.3) is 0 Å². The second-order valence-corrected chi connectivity index (χ2v) is 11.6. The van der Waals surface area contributed by atoms with E-state index in [1.165, 1.54) is 21.7 Å².